The Morgan fingerprint density at radius 3 is 2.68 bits per heavy atom. The van der Waals surface area contributed by atoms with E-state index >= 15 is 0 Å². The predicted octanol–water partition coefficient (Wildman–Crippen LogP) is 2.43. The summed E-state index contributed by atoms with van der Waals surface area (Å²) in [6.07, 6.45) is 9.37. The van der Waals surface area contributed by atoms with E-state index in [0.717, 1.165) is 36.3 Å². The van der Waals surface area contributed by atoms with Crippen molar-refractivity contribution in [1.29, 1.82) is 0 Å². The number of morpholine rings is 1. The van der Waals surface area contributed by atoms with Crippen molar-refractivity contribution in [1.82, 2.24) is 14.9 Å². The highest BCUT2D eigenvalue weighted by Crippen LogP contribution is 2.45. The Hall–Kier alpha value is -1.69. The first-order valence-electron chi connectivity index (χ1n) is 9.78. The Morgan fingerprint density at radius 2 is 2.00 bits per heavy atom. The highest BCUT2D eigenvalue weighted by molar-refractivity contribution is 5.95. The molecule has 0 aromatic carbocycles. The van der Waals surface area contributed by atoms with Crippen LogP contribution in [0.5, 0.6) is 0 Å². The van der Waals surface area contributed by atoms with Crippen LogP contribution in [0.3, 0.4) is 0 Å². The lowest BCUT2D eigenvalue weighted by Gasteiger charge is -2.27. The summed E-state index contributed by atoms with van der Waals surface area (Å²) in [5.74, 6) is 2.90. The fraction of sp³-hybridized carbons (Fsp3) is 0.737. The molecule has 2 heterocycles. The van der Waals surface area contributed by atoms with Crippen molar-refractivity contribution in [2.75, 3.05) is 31.6 Å². The lowest BCUT2D eigenvalue weighted by molar-refractivity contribution is 0.0301. The lowest BCUT2D eigenvalue weighted by atomic mass is 9.95. The van der Waals surface area contributed by atoms with Gasteiger partial charge in [-0.1, -0.05) is 6.42 Å². The highest BCUT2D eigenvalue weighted by Gasteiger charge is 2.40. The van der Waals surface area contributed by atoms with Gasteiger partial charge in [0.25, 0.3) is 5.91 Å². The summed E-state index contributed by atoms with van der Waals surface area (Å²) in [6, 6.07) is 0.520. The second kappa shape index (κ2) is 6.24. The van der Waals surface area contributed by atoms with E-state index < -0.39 is 0 Å². The van der Waals surface area contributed by atoms with Gasteiger partial charge in [0.1, 0.15) is 0 Å². The Balaban J connectivity index is 1.36. The number of amides is 1. The molecule has 4 fully saturated rings. The Labute approximate surface area is 148 Å². The minimum atomic E-state index is 0.0664. The molecule has 1 aromatic rings. The van der Waals surface area contributed by atoms with Crippen molar-refractivity contribution in [2.45, 2.75) is 50.5 Å². The summed E-state index contributed by atoms with van der Waals surface area (Å²) in [7, 11) is 0. The number of carbonyl (C=O) groups is 1. The zero-order chi connectivity index (χ0) is 16.8. The molecule has 3 atom stereocenters. The Bertz CT molecular complexity index is 669. The molecule has 1 amide bonds. The number of ether oxygens (including phenoxy) is 1. The first kappa shape index (κ1) is 15.6. The summed E-state index contributed by atoms with van der Waals surface area (Å²) in [5, 5.41) is 3.57. The number of hydrogen-bond acceptors (Lipinski definition) is 5. The Morgan fingerprint density at radius 1 is 1.16 bits per heavy atom. The number of rotatable bonds is 4. The van der Waals surface area contributed by atoms with E-state index in [1.165, 1.54) is 25.7 Å². The molecule has 2 bridgehead atoms. The van der Waals surface area contributed by atoms with Crippen LogP contribution in [-0.4, -0.2) is 53.1 Å². The highest BCUT2D eigenvalue weighted by atomic mass is 16.5. The van der Waals surface area contributed by atoms with Crippen LogP contribution >= 0.6 is 0 Å². The standard InChI is InChI=1S/C19H26N4O2/c24-18(23-5-7-25-8-6-23)15-11-20-19(22-17(15)13-3-4-13)21-16-10-12-1-2-14(16)9-12/h11-14,16H,1-10H2,(H,20,21,22)/t12-,14-,16-/m1/s1. The largest absolute Gasteiger partial charge is 0.378 e. The lowest BCUT2D eigenvalue weighted by Crippen LogP contribution is -2.41. The number of anilines is 1. The van der Waals surface area contributed by atoms with Crippen LogP contribution in [0.4, 0.5) is 5.95 Å². The molecule has 3 saturated carbocycles. The summed E-state index contributed by atoms with van der Waals surface area (Å²) < 4.78 is 5.36. The van der Waals surface area contributed by atoms with Gasteiger partial charge >= 0.3 is 0 Å². The van der Waals surface area contributed by atoms with E-state index in [-0.39, 0.29) is 5.91 Å². The molecule has 0 radical (unpaired) electrons. The van der Waals surface area contributed by atoms with E-state index in [0.29, 0.717) is 43.8 Å². The third-order valence-electron chi connectivity index (χ3n) is 6.36. The average molecular weight is 342 g/mol. The molecule has 1 aromatic heterocycles. The molecule has 1 N–H and O–H groups in total. The van der Waals surface area contributed by atoms with Crippen molar-refractivity contribution >= 4 is 11.9 Å². The molecule has 134 valence electrons. The van der Waals surface area contributed by atoms with Crippen molar-refractivity contribution in [3.05, 3.63) is 17.5 Å². The normalized spacial score (nSPS) is 31.4. The summed E-state index contributed by atoms with van der Waals surface area (Å²) in [5.41, 5.74) is 1.65. The molecule has 3 aliphatic carbocycles. The second-order valence-electron chi connectivity index (χ2n) is 8.10. The minimum absolute atomic E-state index is 0.0664. The SMILES string of the molecule is O=C(c1cnc(N[C@@H]2C[C@@H]3CC[C@@H]2C3)nc1C1CC1)N1CCOCC1. The smallest absolute Gasteiger partial charge is 0.257 e. The molecule has 0 unspecified atom stereocenters. The molecule has 0 spiro atoms. The fourth-order valence-electron chi connectivity index (χ4n) is 4.82. The first-order valence-corrected chi connectivity index (χ1v) is 9.78. The molecule has 5 rings (SSSR count). The number of fused-ring (bicyclic) bond motifs is 2. The minimum Gasteiger partial charge on any atom is -0.378 e. The van der Waals surface area contributed by atoms with E-state index in [1.54, 1.807) is 6.20 Å². The third-order valence-corrected chi connectivity index (χ3v) is 6.36. The fourth-order valence-corrected chi connectivity index (χ4v) is 4.82. The van der Waals surface area contributed by atoms with E-state index in [2.05, 4.69) is 10.3 Å². The number of aromatic nitrogens is 2. The quantitative estimate of drug-likeness (QED) is 0.910. The molecule has 6 heteroatoms. The van der Waals surface area contributed by atoms with Gasteiger partial charge in [-0.15, -0.1) is 0 Å². The number of nitrogens with one attached hydrogen (secondary N) is 1. The number of carbonyl (C=O) groups excluding carboxylic acids is 1. The van der Waals surface area contributed by atoms with Crippen LogP contribution in [0.15, 0.2) is 6.20 Å². The maximum atomic E-state index is 12.9. The summed E-state index contributed by atoms with van der Waals surface area (Å²) in [6.45, 7) is 2.56. The zero-order valence-electron chi connectivity index (χ0n) is 14.6. The maximum Gasteiger partial charge on any atom is 0.257 e. The molecule has 4 aliphatic rings. The van der Waals surface area contributed by atoms with E-state index in [4.69, 9.17) is 9.72 Å². The van der Waals surface area contributed by atoms with Crippen molar-refractivity contribution in [3.8, 4) is 0 Å². The average Bonchev–Trinajstić information content (AvgIpc) is 3.30. The first-order chi connectivity index (χ1) is 12.3. The predicted molar refractivity (Wildman–Crippen MR) is 93.6 cm³/mol. The zero-order valence-corrected chi connectivity index (χ0v) is 14.6. The van der Waals surface area contributed by atoms with Gasteiger partial charge in [0.05, 0.1) is 24.5 Å². The number of nitrogens with zero attached hydrogens (tertiary/aromatic N) is 3. The Kier molecular flexibility index (Phi) is 3.88. The van der Waals surface area contributed by atoms with Crippen LogP contribution in [0.2, 0.25) is 0 Å². The van der Waals surface area contributed by atoms with Gasteiger partial charge < -0.3 is 15.0 Å². The van der Waals surface area contributed by atoms with Gasteiger partial charge in [0.15, 0.2) is 0 Å². The van der Waals surface area contributed by atoms with Crippen LogP contribution in [0.1, 0.15) is 60.5 Å². The topological polar surface area (TPSA) is 67.4 Å². The van der Waals surface area contributed by atoms with Crippen LogP contribution < -0.4 is 5.32 Å². The molecule has 6 nitrogen and oxygen atoms in total. The third kappa shape index (κ3) is 3.01. The monoisotopic (exact) mass is 342 g/mol. The molecular weight excluding hydrogens is 316 g/mol. The maximum absolute atomic E-state index is 12.9. The second-order valence-corrected chi connectivity index (χ2v) is 8.10. The van der Waals surface area contributed by atoms with Crippen LogP contribution in [-0.2, 0) is 4.74 Å². The molecule has 1 saturated heterocycles. The van der Waals surface area contributed by atoms with Crippen molar-refractivity contribution < 1.29 is 9.53 Å². The van der Waals surface area contributed by atoms with Gasteiger partial charge in [-0.05, 0) is 43.9 Å². The molecule has 1 aliphatic heterocycles. The van der Waals surface area contributed by atoms with Gasteiger partial charge in [-0.2, -0.15) is 0 Å². The molecular formula is C19H26N4O2. The van der Waals surface area contributed by atoms with Crippen molar-refractivity contribution in [3.63, 3.8) is 0 Å². The van der Waals surface area contributed by atoms with Crippen molar-refractivity contribution in [2.24, 2.45) is 11.8 Å². The van der Waals surface area contributed by atoms with Crippen LogP contribution in [0.25, 0.3) is 0 Å². The molecule has 25 heavy (non-hydrogen) atoms. The van der Waals surface area contributed by atoms with E-state index in [1.807, 2.05) is 4.90 Å². The van der Waals surface area contributed by atoms with Gasteiger partial charge in [-0.25, -0.2) is 9.97 Å². The summed E-state index contributed by atoms with van der Waals surface area (Å²) in [4.78, 5) is 24.1. The summed E-state index contributed by atoms with van der Waals surface area (Å²) >= 11 is 0. The van der Waals surface area contributed by atoms with Crippen LogP contribution in [0, 0.1) is 11.8 Å². The number of hydrogen-bond donors (Lipinski definition) is 1. The van der Waals surface area contributed by atoms with Gasteiger partial charge in [0, 0.05) is 31.2 Å². The van der Waals surface area contributed by atoms with E-state index in [9.17, 15) is 4.79 Å². The van der Waals surface area contributed by atoms with Gasteiger partial charge in [-0.3, -0.25) is 4.79 Å². The van der Waals surface area contributed by atoms with Gasteiger partial charge in [0.2, 0.25) is 5.95 Å².